The summed E-state index contributed by atoms with van der Waals surface area (Å²) in [5.74, 6) is 2.34. The molecule has 2 saturated heterocycles. The van der Waals surface area contributed by atoms with E-state index in [1.165, 1.54) is 32.5 Å². The Morgan fingerprint density at radius 3 is 2.37 bits per heavy atom. The van der Waals surface area contributed by atoms with Gasteiger partial charge in [0.2, 0.25) is 15.9 Å². The predicted molar refractivity (Wildman–Crippen MR) is 180 cm³/mol. The molecule has 46 heavy (non-hydrogen) atoms. The molecule has 2 saturated carbocycles. The maximum absolute atomic E-state index is 13.5. The number of hydrogen-bond donors (Lipinski definition) is 2. The van der Waals surface area contributed by atoms with E-state index in [-0.39, 0.29) is 28.9 Å². The second-order valence-electron chi connectivity index (χ2n) is 13.9. The van der Waals surface area contributed by atoms with Gasteiger partial charge in [-0.1, -0.05) is 6.07 Å². The zero-order valence-corrected chi connectivity index (χ0v) is 28.1. The number of ether oxygens (including phenoxy) is 1. The third-order valence-electron chi connectivity index (χ3n) is 10.7. The number of pyridine rings is 1. The first-order chi connectivity index (χ1) is 22.2. The maximum Gasteiger partial charge on any atom is 0.249 e. The highest BCUT2D eigenvalue weighted by molar-refractivity contribution is 7.89. The van der Waals surface area contributed by atoms with Gasteiger partial charge in [-0.05, 0) is 94.5 Å². The van der Waals surface area contributed by atoms with E-state index in [2.05, 4.69) is 24.7 Å². The molecule has 4 fully saturated rings. The molecule has 7 rings (SSSR count). The number of carbonyl (C=O) groups is 1. The third-order valence-corrected chi connectivity index (χ3v) is 12.2. The molecular formula is C34H49N7O4S. The minimum absolute atomic E-state index is 0.0439. The van der Waals surface area contributed by atoms with Crippen LogP contribution in [0.3, 0.4) is 0 Å². The highest BCUT2D eigenvalue weighted by atomic mass is 32.2. The molecule has 0 spiro atoms. The Morgan fingerprint density at radius 2 is 1.65 bits per heavy atom. The summed E-state index contributed by atoms with van der Waals surface area (Å²) in [6, 6.07) is 11.0. The van der Waals surface area contributed by atoms with Crippen LogP contribution in [-0.2, 0) is 19.6 Å². The number of nitrogens with one attached hydrogen (secondary N) is 2. The number of likely N-dealkylation sites (N-methyl/N-ethyl adjacent to an activating group) is 1. The lowest BCUT2D eigenvalue weighted by Gasteiger charge is -2.44. The van der Waals surface area contributed by atoms with Crippen LogP contribution in [0.25, 0.3) is 0 Å². The molecule has 1 aromatic heterocycles. The van der Waals surface area contributed by atoms with Crippen LogP contribution in [0.4, 0.5) is 23.0 Å². The van der Waals surface area contributed by atoms with E-state index in [9.17, 15) is 13.2 Å². The van der Waals surface area contributed by atoms with E-state index in [0.29, 0.717) is 30.8 Å². The Morgan fingerprint density at radius 1 is 0.913 bits per heavy atom. The minimum atomic E-state index is -3.68. The Bertz CT molecular complexity index is 1500. The molecule has 5 aliphatic rings. The molecule has 3 aliphatic heterocycles. The summed E-state index contributed by atoms with van der Waals surface area (Å²) in [4.78, 5) is 27.3. The fourth-order valence-corrected chi connectivity index (χ4v) is 9.18. The standard InChI is InChI=1S/C34H49N7O4S/c1-24-34(42)38(2)31-12-13-32(36-33(31)41(24)29-14-20-45-21-15-29)35-27-4-3-5-30(22-27)46(43,44)37-26-8-10-28(11-9-26)40-18-16-39(17-19-40)23-25-6-7-25/h3-5,12-13,22,24-26,28-29,37H,6-11,14-21,23H2,1-2H3,(H,35,36)/t24-,26-,28-/m1/s1. The molecule has 1 aromatic carbocycles. The SMILES string of the molecule is C[C@@H]1C(=O)N(C)c2ccc(Nc3cccc(S(=O)(=O)N[C@H]4CC[C@H](N5CCN(CC6CC6)CC5)CC4)c3)nc2N1C1CCOCC1. The summed E-state index contributed by atoms with van der Waals surface area (Å²) >= 11 is 0. The van der Waals surface area contributed by atoms with Crippen molar-refractivity contribution in [2.75, 3.05) is 68.1 Å². The van der Waals surface area contributed by atoms with Crippen LogP contribution in [0, 0.1) is 5.92 Å². The van der Waals surface area contributed by atoms with E-state index >= 15 is 0 Å². The Labute approximate surface area is 273 Å². The summed E-state index contributed by atoms with van der Waals surface area (Å²) in [5, 5.41) is 3.33. The van der Waals surface area contributed by atoms with Gasteiger partial charge in [-0.25, -0.2) is 18.1 Å². The van der Waals surface area contributed by atoms with Crippen molar-refractivity contribution < 1.29 is 17.9 Å². The average Bonchev–Trinajstić information content (AvgIpc) is 3.89. The van der Waals surface area contributed by atoms with Crippen molar-refractivity contribution in [2.45, 2.75) is 87.4 Å². The Kier molecular flexibility index (Phi) is 9.26. The zero-order chi connectivity index (χ0) is 31.8. The van der Waals surface area contributed by atoms with Gasteiger partial charge in [-0.2, -0.15) is 0 Å². The number of aromatic nitrogens is 1. The number of nitrogens with zero attached hydrogens (tertiary/aromatic N) is 5. The molecule has 2 aliphatic carbocycles. The number of piperazine rings is 1. The van der Waals surface area contributed by atoms with Gasteiger partial charge in [0.1, 0.15) is 11.9 Å². The molecule has 12 heteroatoms. The number of rotatable bonds is 9. The largest absolute Gasteiger partial charge is 0.381 e. The van der Waals surface area contributed by atoms with Crippen LogP contribution in [-0.4, -0.2) is 106 Å². The smallest absolute Gasteiger partial charge is 0.249 e. The lowest BCUT2D eigenvalue weighted by atomic mass is 9.90. The number of sulfonamides is 1. The quantitative estimate of drug-likeness (QED) is 0.419. The van der Waals surface area contributed by atoms with Crippen molar-refractivity contribution in [3.8, 4) is 0 Å². The van der Waals surface area contributed by atoms with Gasteiger partial charge >= 0.3 is 0 Å². The fraction of sp³-hybridized carbons (Fsp3) is 0.647. The Balaban J connectivity index is 0.981. The molecule has 11 nitrogen and oxygen atoms in total. The van der Waals surface area contributed by atoms with Crippen molar-refractivity contribution in [3.63, 3.8) is 0 Å². The van der Waals surface area contributed by atoms with Gasteiger partial charge in [0, 0.05) is 76.8 Å². The maximum atomic E-state index is 13.5. The topological polar surface area (TPSA) is 110 Å². The number of amides is 1. The second-order valence-corrected chi connectivity index (χ2v) is 15.6. The normalized spacial score (nSPS) is 27.1. The number of anilines is 4. The highest BCUT2D eigenvalue weighted by Gasteiger charge is 2.39. The van der Waals surface area contributed by atoms with Crippen LogP contribution in [0.1, 0.15) is 58.3 Å². The average molecular weight is 652 g/mol. The Hall–Kier alpha value is -2.77. The van der Waals surface area contributed by atoms with E-state index in [0.717, 1.165) is 69.0 Å². The predicted octanol–water partition coefficient (Wildman–Crippen LogP) is 3.79. The van der Waals surface area contributed by atoms with E-state index < -0.39 is 10.0 Å². The van der Waals surface area contributed by atoms with E-state index in [4.69, 9.17) is 9.72 Å². The van der Waals surface area contributed by atoms with Crippen molar-refractivity contribution in [1.29, 1.82) is 0 Å². The van der Waals surface area contributed by atoms with Crippen LogP contribution >= 0.6 is 0 Å². The van der Waals surface area contributed by atoms with Crippen LogP contribution < -0.4 is 19.8 Å². The minimum Gasteiger partial charge on any atom is -0.381 e. The molecule has 4 heterocycles. The van der Waals surface area contributed by atoms with Crippen LogP contribution in [0.2, 0.25) is 0 Å². The van der Waals surface area contributed by atoms with Crippen molar-refractivity contribution in [3.05, 3.63) is 36.4 Å². The highest BCUT2D eigenvalue weighted by Crippen LogP contribution is 2.38. The van der Waals surface area contributed by atoms with E-state index in [1.807, 2.05) is 25.1 Å². The molecular weight excluding hydrogens is 602 g/mol. The molecule has 1 amide bonds. The van der Waals surface area contributed by atoms with Gasteiger partial charge in [0.25, 0.3) is 0 Å². The zero-order valence-electron chi connectivity index (χ0n) is 27.2. The summed E-state index contributed by atoms with van der Waals surface area (Å²) in [6.07, 6.45) is 8.29. The number of fused-ring (bicyclic) bond motifs is 1. The first-order valence-corrected chi connectivity index (χ1v) is 18.7. The molecule has 2 N–H and O–H groups in total. The second kappa shape index (κ2) is 13.4. The van der Waals surface area contributed by atoms with Gasteiger partial charge in [-0.3, -0.25) is 9.69 Å². The van der Waals surface area contributed by atoms with Crippen molar-refractivity contribution in [2.24, 2.45) is 5.92 Å². The third kappa shape index (κ3) is 6.92. The fourth-order valence-electron chi connectivity index (χ4n) is 7.83. The van der Waals surface area contributed by atoms with Gasteiger partial charge in [0.05, 0.1) is 10.6 Å². The lowest BCUT2D eigenvalue weighted by molar-refractivity contribution is -0.119. The molecule has 0 radical (unpaired) electrons. The van der Waals surface area contributed by atoms with Crippen LogP contribution in [0.15, 0.2) is 41.3 Å². The van der Waals surface area contributed by atoms with Gasteiger partial charge in [-0.15, -0.1) is 0 Å². The number of carbonyl (C=O) groups excluding carboxylic acids is 1. The molecule has 1 atom stereocenters. The van der Waals surface area contributed by atoms with Crippen molar-refractivity contribution in [1.82, 2.24) is 19.5 Å². The summed E-state index contributed by atoms with van der Waals surface area (Å²) in [6.45, 7) is 9.14. The monoisotopic (exact) mass is 651 g/mol. The lowest BCUT2D eigenvalue weighted by Crippen LogP contribution is -2.56. The summed E-state index contributed by atoms with van der Waals surface area (Å²) in [7, 11) is -1.89. The number of benzene rings is 1. The molecule has 250 valence electrons. The number of hydrogen-bond acceptors (Lipinski definition) is 9. The molecule has 2 aromatic rings. The summed E-state index contributed by atoms with van der Waals surface area (Å²) in [5.41, 5.74) is 1.41. The van der Waals surface area contributed by atoms with E-state index in [1.54, 1.807) is 30.1 Å². The first-order valence-electron chi connectivity index (χ1n) is 17.3. The van der Waals surface area contributed by atoms with Gasteiger partial charge in [0.15, 0.2) is 5.82 Å². The van der Waals surface area contributed by atoms with Crippen molar-refractivity contribution >= 4 is 38.9 Å². The first kappa shape index (κ1) is 31.8. The molecule has 0 unspecified atom stereocenters. The summed E-state index contributed by atoms with van der Waals surface area (Å²) < 4.78 is 35.6. The molecule has 0 bridgehead atoms. The van der Waals surface area contributed by atoms with Gasteiger partial charge < -0.3 is 24.8 Å². The van der Waals surface area contributed by atoms with Crippen LogP contribution in [0.5, 0.6) is 0 Å².